The second-order valence-electron chi connectivity index (χ2n) is 6.62. The molecule has 2 rings (SSSR count). The van der Waals surface area contributed by atoms with Crippen LogP contribution in [0.4, 0.5) is 0 Å². The van der Waals surface area contributed by atoms with Gasteiger partial charge in [-0.25, -0.2) is 4.79 Å². The second-order valence-corrected chi connectivity index (χ2v) is 6.62. The number of hydrogen-bond donors (Lipinski definition) is 2. The molecule has 7 nitrogen and oxygen atoms in total. The molecule has 27 heavy (non-hydrogen) atoms. The molecule has 2 aromatic rings. The van der Waals surface area contributed by atoms with E-state index in [1.165, 1.54) is 0 Å². The highest BCUT2D eigenvalue weighted by molar-refractivity contribution is 5.88. The van der Waals surface area contributed by atoms with Crippen molar-refractivity contribution in [3.63, 3.8) is 0 Å². The summed E-state index contributed by atoms with van der Waals surface area (Å²) in [6, 6.07) is 3.58. The van der Waals surface area contributed by atoms with Crippen molar-refractivity contribution in [3.05, 3.63) is 39.2 Å². The summed E-state index contributed by atoms with van der Waals surface area (Å²) in [6.45, 7) is 5.71. The van der Waals surface area contributed by atoms with E-state index in [2.05, 4.69) is 5.32 Å². The van der Waals surface area contributed by atoms with Crippen molar-refractivity contribution in [3.8, 4) is 5.75 Å². The van der Waals surface area contributed by atoms with Crippen LogP contribution < -0.4 is 15.7 Å². The van der Waals surface area contributed by atoms with Crippen molar-refractivity contribution in [1.82, 2.24) is 5.32 Å². The molecule has 0 aliphatic heterocycles. The van der Waals surface area contributed by atoms with Gasteiger partial charge in [0.05, 0.1) is 5.39 Å². The maximum Gasteiger partial charge on any atom is 0.339 e. The van der Waals surface area contributed by atoms with Gasteiger partial charge < -0.3 is 19.6 Å². The van der Waals surface area contributed by atoms with Crippen LogP contribution in [0, 0.1) is 20.8 Å². The van der Waals surface area contributed by atoms with E-state index < -0.39 is 5.97 Å². The zero-order valence-electron chi connectivity index (χ0n) is 15.9. The van der Waals surface area contributed by atoms with Crippen LogP contribution in [0.1, 0.15) is 42.4 Å². The summed E-state index contributed by atoms with van der Waals surface area (Å²) in [7, 11) is 0. The third-order valence-corrected chi connectivity index (χ3v) is 4.41. The molecule has 7 heteroatoms. The zero-order valence-corrected chi connectivity index (χ0v) is 15.9. The summed E-state index contributed by atoms with van der Waals surface area (Å²) in [4.78, 5) is 34.3. The molecule has 0 atom stereocenters. The van der Waals surface area contributed by atoms with Crippen molar-refractivity contribution in [2.24, 2.45) is 0 Å². The van der Waals surface area contributed by atoms with Gasteiger partial charge in [0, 0.05) is 18.5 Å². The van der Waals surface area contributed by atoms with Gasteiger partial charge >= 0.3 is 11.6 Å². The summed E-state index contributed by atoms with van der Waals surface area (Å²) in [6.07, 6.45) is 2.20. The molecule has 0 aliphatic rings. The molecule has 0 spiro atoms. The largest absolute Gasteiger partial charge is 0.483 e. The summed E-state index contributed by atoms with van der Waals surface area (Å²) >= 11 is 0. The van der Waals surface area contributed by atoms with Gasteiger partial charge in [0.2, 0.25) is 0 Å². The molecule has 0 saturated heterocycles. The number of aliphatic carboxylic acids is 1. The molecule has 1 amide bonds. The van der Waals surface area contributed by atoms with E-state index in [1.54, 1.807) is 13.0 Å². The molecule has 1 heterocycles. The Labute approximate surface area is 157 Å². The summed E-state index contributed by atoms with van der Waals surface area (Å²) < 4.78 is 11.0. The van der Waals surface area contributed by atoms with Crippen molar-refractivity contribution in [1.29, 1.82) is 0 Å². The van der Waals surface area contributed by atoms with Gasteiger partial charge in [0.25, 0.3) is 5.91 Å². The molecule has 2 N–H and O–H groups in total. The lowest BCUT2D eigenvalue weighted by Gasteiger charge is -2.13. The smallest absolute Gasteiger partial charge is 0.339 e. The monoisotopic (exact) mass is 375 g/mol. The molecule has 0 bridgehead atoms. The number of hydrogen-bond acceptors (Lipinski definition) is 5. The van der Waals surface area contributed by atoms with E-state index in [0.29, 0.717) is 35.2 Å². The number of unbranched alkanes of at least 4 members (excludes halogenated alkanes) is 2. The minimum Gasteiger partial charge on any atom is -0.483 e. The Morgan fingerprint density at radius 2 is 1.85 bits per heavy atom. The Hall–Kier alpha value is -2.83. The lowest BCUT2D eigenvalue weighted by molar-refractivity contribution is -0.137. The Morgan fingerprint density at radius 1 is 1.11 bits per heavy atom. The highest BCUT2D eigenvalue weighted by atomic mass is 16.5. The third kappa shape index (κ3) is 5.57. The molecule has 0 saturated carbocycles. The number of amides is 1. The number of aryl methyl sites for hydroxylation is 2. The molecule has 146 valence electrons. The summed E-state index contributed by atoms with van der Waals surface area (Å²) in [5.41, 5.74) is 2.22. The van der Waals surface area contributed by atoms with E-state index in [0.717, 1.165) is 24.0 Å². The molecular formula is C20H25NO6. The van der Waals surface area contributed by atoms with Crippen LogP contribution in [0.2, 0.25) is 0 Å². The number of rotatable bonds is 9. The number of carbonyl (C=O) groups excluding carboxylic acids is 1. The number of carboxylic acids is 1. The standard InChI is InChI=1S/C20H25NO6/c1-12-9-15(19-13(2)14(3)20(25)27-16(19)10-12)26-11-17(22)21-8-6-4-5-7-18(23)24/h9-10H,4-8,11H2,1-3H3,(H,21,22)(H,23,24). The first kappa shape index (κ1) is 20.5. The topological polar surface area (TPSA) is 106 Å². The molecular weight excluding hydrogens is 350 g/mol. The predicted molar refractivity (Wildman–Crippen MR) is 101 cm³/mol. The number of fused-ring (bicyclic) bond motifs is 1. The first-order valence-corrected chi connectivity index (χ1v) is 8.95. The number of carboxylic acid groups (broad SMARTS) is 1. The van der Waals surface area contributed by atoms with E-state index in [9.17, 15) is 14.4 Å². The predicted octanol–water partition coefficient (Wildman–Crippen LogP) is 2.86. The lowest BCUT2D eigenvalue weighted by Crippen LogP contribution is -2.29. The highest BCUT2D eigenvalue weighted by Crippen LogP contribution is 2.30. The van der Waals surface area contributed by atoms with Crippen molar-refractivity contribution < 1.29 is 23.8 Å². The van der Waals surface area contributed by atoms with E-state index in [4.69, 9.17) is 14.3 Å². The second kappa shape index (κ2) is 9.21. The molecule has 1 aromatic heterocycles. The molecule has 1 aromatic carbocycles. The Kier molecular flexibility index (Phi) is 6.98. The Morgan fingerprint density at radius 3 is 2.56 bits per heavy atom. The number of nitrogens with one attached hydrogen (secondary N) is 1. The Bertz CT molecular complexity index is 899. The number of benzene rings is 1. The quantitative estimate of drug-likeness (QED) is 0.516. The third-order valence-electron chi connectivity index (χ3n) is 4.41. The van der Waals surface area contributed by atoms with Gasteiger partial charge in [-0.05, 0) is 56.9 Å². The fourth-order valence-corrected chi connectivity index (χ4v) is 2.80. The molecule has 0 radical (unpaired) electrons. The van der Waals surface area contributed by atoms with E-state index in [-0.39, 0.29) is 24.6 Å². The van der Waals surface area contributed by atoms with Crippen molar-refractivity contribution in [2.45, 2.75) is 46.5 Å². The van der Waals surface area contributed by atoms with Crippen LogP contribution >= 0.6 is 0 Å². The van der Waals surface area contributed by atoms with Gasteiger partial charge in [0.1, 0.15) is 11.3 Å². The van der Waals surface area contributed by atoms with Crippen molar-refractivity contribution >= 4 is 22.8 Å². The van der Waals surface area contributed by atoms with E-state index in [1.807, 2.05) is 19.9 Å². The maximum absolute atomic E-state index is 12.0. The molecule has 0 aliphatic carbocycles. The minimum atomic E-state index is -0.806. The van der Waals surface area contributed by atoms with Gasteiger partial charge in [0.15, 0.2) is 6.61 Å². The van der Waals surface area contributed by atoms with Gasteiger partial charge in [-0.15, -0.1) is 0 Å². The highest BCUT2D eigenvalue weighted by Gasteiger charge is 2.14. The first-order valence-electron chi connectivity index (χ1n) is 8.95. The average molecular weight is 375 g/mol. The van der Waals surface area contributed by atoms with Gasteiger partial charge in [-0.3, -0.25) is 9.59 Å². The maximum atomic E-state index is 12.0. The normalized spacial score (nSPS) is 10.8. The molecule has 0 fully saturated rings. The molecule has 0 unspecified atom stereocenters. The van der Waals surface area contributed by atoms with Crippen LogP contribution in [0.25, 0.3) is 11.0 Å². The SMILES string of the molecule is Cc1cc(OCC(=O)NCCCCCC(=O)O)c2c(C)c(C)c(=O)oc2c1. The lowest BCUT2D eigenvalue weighted by atomic mass is 10.0. The fourth-order valence-electron chi connectivity index (χ4n) is 2.80. The van der Waals surface area contributed by atoms with Crippen LogP contribution in [0.3, 0.4) is 0 Å². The summed E-state index contributed by atoms with van der Waals surface area (Å²) in [5.74, 6) is -0.556. The van der Waals surface area contributed by atoms with Crippen LogP contribution in [-0.4, -0.2) is 30.1 Å². The van der Waals surface area contributed by atoms with Crippen LogP contribution in [-0.2, 0) is 9.59 Å². The number of carbonyl (C=O) groups is 2. The zero-order chi connectivity index (χ0) is 20.0. The van der Waals surface area contributed by atoms with Crippen LogP contribution in [0.15, 0.2) is 21.3 Å². The first-order chi connectivity index (χ1) is 12.8. The van der Waals surface area contributed by atoms with E-state index >= 15 is 0 Å². The van der Waals surface area contributed by atoms with Gasteiger partial charge in [-0.1, -0.05) is 6.42 Å². The summed E-state index contributed by atoms with van der Waals surface area (Å²) in [5, 5.41) is 12.0. The minimum absolute atomic E-state index is 0.145. The Balaban J connectivity index is 1.96. The fraction of sp³-hybridized carbons (Fsp3) is 0.450. The van der Waals surface area contributed by atoms with Crippen LogP contribution in [0.5, 0.6) is 5.75 Å². The van der Waals surface area contributed by atoms with Gasteiger partial charge in [-0.2, -0.15) is 0 Å². The number of ether oxygens (including phenoxy) is 1. The average Bonchev–Trinajstić information content (AvgIpc) is 2.60. The van der Waals surface area contributed by atoms with Crippen molar-refractivity contribution in [2.75, 3.05) is 13.2 Å².